The molecule has 19 heavy (non-hydrogen) atoms. The maximum absolute atomic E-state index is 6.21. The van der Waals surface area contributed by atoms with Crippen molar-refractivity contribution in [1.29, 1.82) is 0 Å². The summed E-state index contributed by atoms with van der Waals surface area (Å²) < 4.78 is 0. The van der Waals surface area contributed by atoms with Crippen LogP contribution >= 0.6 is 50.7 Å². The van der Waals surface area contributed by atoms with Crippen LogP contribution in [0, 0.1) is 0 Å². The third-order valence-corrected chi connectivity index (χ3v) is 4.64. The lowest BCUT2D eigenvalue weighted by Gasteiger charge is -2.16. The van der Waals surface area contributed by atoms with E-state index in [1.54, 1.807) is 6.07 Å². The van der Waals surface area contributed by atoms with Crippen LogP contribution in [0.2, 0.25) is 15.1 Å². The van der Waals surface area contributed by atoms with Crippen LogP contribution in [0.15, 0.2) is 42.5 Å². The van der Waals surface area contributed by atoms with E-state index < -0.39 is 0 Å². The summed E-state index contributed by atoms with van der Waals surface area (Å²) in [5.74, 6) is 0.341. The molecule has 2 aromatic rings. The smallest absolute Gasteiger partial charge is 0.0439 e. The van der Waals surface area contributed by atoms with Gasteiger partial charge in [0.1, 0.15) is 0 Å². The Kier molecular flexibility index (Phi) is 5.58. The Labute approximate surface area is 136 Å². The van der Waals surface area contributed by atoms with E-state index in [1.807, 2.05) is 36.4 Å². The summed E-state index contributed by atoms with van der Waals surface area (Å²) in [6.07, 6.45) is 0.840. The van der Waals surface area contributed by atoms with Crippen molar-refractivity contribution in [2.75, 3.05) is 5.33 Å². The van der Waals surface area contributed by atoms with Gasteiger partial charge in [-0.05, 0) is 53.8 Å². The van der Waals surface area contributed by atoms with Crippen molar-refractivity contribution >= 4 is 50.7 Å². The summed E-state index contributed by atoms with van der Waals surface area (Å²) in [7, 11) is 0. The molecule has 0 N–H and O–H groups in total. The highest BCUT2D eigenvalue weighted by Gasteiger charge is 2.13. The molecular weight excluding hydrogens is 366 g/mol. The molecule has 2 aromatic carbocycles. The summed E-state index contributed by atoms with van der Waals surface area (Å²) >= 11 is 21.7. The normalized spacial score (nSPS) is 12.4. The van der Waals surface area contributed by atoms with E-state index in [0.29, 0.717) is 10.9 Å². The molecule has 1 atom stereocenters. The van der Waals surface area contributed by atoms with Gasteiger partial charge in [-0.3, -0.25) is 0 Å². The fourth-order valence-corrected chi connectivity index (χ4v) is 3.08. The highest BCUT2D eigenvalue weighted by Crippen LogP contribution is 2.29. The Balaban J connectivity index is 2.23. The first kappa shape index (κ1) is 15.2. The maximum Gasteiger partial charge on any atom is 0.0439 e. The molecule has 2 rings (SSSR count). The molecule has 0 aliphatic rings. The fourth-order valence-electron chi connectivity index (χ4n) is 1.96. The summed E-state index contributed by atoms with van der Waals surface area (Å²) in [5, 5.41) is 3.07. The average Bonchev–Trinajstić information content (AvgIpc) is 2.41. The van der Waals surface area contributed by atoms with Crippen molar-refractivity contribution in [2.24, 2.45) is 0 Å². The van der Waals surface area contributed by atoms with Gasteiger partial charge in [0, 0.05) is 20.4 Å². The fraction of sp³-hybridized carbons (Fsp3) is 0.200. The molecule has 0 fully saturated rings. The number of alkyl halides is 1. The van der Waals surface area contributed by atoms with E-state index in [0.717, 1.165) is 27.4 Å². The number of hydrogen-bond donors (Lipinski definition) is 0. The van der Waals surface area contributed by atoms with Crippen LogP contribution in [0.4, 0.5) is 0 Å². The van der Waals surface area contributed by atoms with E-state index in [-0.39, 0.29) is 0 Å². The average molecular weight is 379 g/mol. The van der Waals surface area contributed by atoms with Gasteiger partial charge in [-0.15, -0.1) is 0 Å². The molecule has 0 heterocycles. The van der Waals surface area contributed by atoms with Crippen LogP contribution in [-0.2, 0) is 6.42 Å². The maximum atomic E-state index is 6.21. The molecule has 0 bridgehead atoms. The Morgan fingerprint density at radius 2 is 1.53 bits per heavy atom. The van der Waals surface area contributed by atoms with Gasteiger partial charge in [-0.1, -0.05) is 62.9 Å². The van der Waals surface area contributed by atoms with Crippen LogP contribution in [0.3, 0.4) is 0 Å². The first-order valence-corrected chi connectivity index (χ1v) is 8.11. The van der Waals surface area contributed by atoms with Crippen molar-refractivity contribution in [3.05, 3.63) is 68.7 Å². The lowest BCUT2D eigenvalue weighted by Crippen LogP contribution is -2.05. The quantitative estimate of drug-likeness (QED) is 0.542. The molecular formula is C15H12BrCl3. The van der Waals surface area contributed by atoms with Crippen LogP contribution in [0.1, 0.15) is 17.0 Å². The first-order chi connectivity index (χ1) is 9.10. The molecule has 0 spiro atoms. The van der Waals surface area contributed by atoms with Crippen LogP contribution in [-0.4, -0.2) is 5.33 Å². The predicted octanol–water partition coefficient (Wildman–Crippen LogP) is 6.37. The molecule has 0 saturated carbocycles. The van der Waals surface area contributed by atoms with Crippen molar-refractivity contribution < 1.29 is 0 Å². The van der Waals surface area contributed by atoms with E-state index in [9.17, 15) is 0 Å². The zero-order chi connectivity index (χ0) is 13.8. The van der Waals surface area contributed by atoms with Gasteiger partial charge >= 0.3 is 0 Å². The Hall–Kier alpha value is -0.210. The van der Waals surface area contributed by atoms with Gasteiger partial charge in [-0.2, -0.15) is 0 Å². The number of halogens is 4. The molecule has 0 radical (unpaired) electrons. The van der Waals surface area contributed by atoms with Crippen molar-refractivity contribution in [3.63, 3.8) is 0 Å². The number of hydrogen-bond acceptors (Lipinski definition) is 0. The zero-order valence-corrected chi connectivity index (χ0v) is 13.9. The summed E-state index contributed by atoms with van der Waals surface area (Å²) in [4.78, 5) is 0. The lowest BCUT2D eigenvalue weighted by atomic mass is 9.94. The predicted molar refractivity (Wildman–Crippen MR) is 88.2 cm³/mol. The van der Waals surface area contributed by atoms with Gasteiger partial charge in [-0.25, -0.2) is 0 Å². The minimum atomic E-state index is 0.341. The molecule has 1 unspecified atom stereocenters. The summed E-state index contributed by atoms with van der Waals surface area (Å²) in [5.41, 5.74) is 2.30. The highest BCUT2D eigenvalue weighted by atomic mass is 79.9. The van der Waals surface area contributed by atoms with Crippen molar-refractivity contribution in [1.82, 2.24) is 0 Å². The minimum Gasteiger partial charge on any atom is -0.0921 e. The van der Waals surface area contributed by atoms with E-state index >= 15 is 0 Å². The number of benzene rings is 2. The van der Waals surface area contributed by atoms with Crippen LogP contribution in [0.25, 0.3) is 0 Å². The van der Waals surface area contributed by atoms with E-state index in [4.69, 9.17) is 34.8 Å². The van der Waals surface area contributed by atoms with Gasteiger partial charge in [0.25, 0.3) is 0 Å². The topological polar surface area (TPSA) is 0 Å². The lowest BCUT2D eigenvalue weighted by molar-refractivity contribution is 0.776. The SMILES string of the molecule is Clc1ccc(C(CBr)Cc2cc(Cl)ccc2Cl)cc1. The van der Waals surface area contributed by atoms with E-state index in [2.05, 4.69) is 15.9 Å². The molecule has 0 saturated heterocycles. The van der Waals surface area contributed by atoms with Crippen LogP contribution < -0.4 is 0 Å². The molecule has 0 nitrogen and oxygen atoms in total. The Morgan fingerprint density at radius 1 is 0.895 bits per heavy atom. The minimum absolute atomic E-state index is 0.341. The van der Waals surface area contributed by atoms with Gasteiger partial charge in [0.15, 0.2) is 0 Å². The molecule has 0 aromatic heterocycles. The van der Waals surface area contributed by atoms with Gasteiger partial charge in [0.2, 0.25) is 0 Å². The van der Waals surface area contributed by atoms with Crippen molar-refractivity contribution in [2.45, 2.75) is 12.3 Å². The molecule has 0 aliphatic heterocycles. The Bertz CT molecular complexity index is 552. The summed E-state index contributed by atoms with van der Waals surface area (Å²) in [6.45, 7) is 0. The first-order valence-electron chi connectivity index (χ1n) is 5.85. The third kappa shape index (κ3) is 4.13. The van der Waals surface area contributed by atoms with Crippen molar-refractivity contribution in [3.8, 4) is 0 Å². The summed E-state index contributed by atoms with van der Waals surface area (Å²) in [6, 6.07) is 13.5. The monoisotopic (exact) mass is 376 g/mol. The standard InChI is InChI=1S/C15H12BrCl3/c16-9-12(10-1-3-13(17)4-2-10)7-11-8-14(18)5-6-15(11)19/h1-6,8,12H,7,9H2. The largest absolute Gasteiger partial charge is 0.0921 e. The molecule has 0 amide bonds. The second kappa shape index (κ2) is 6.99. The second-order valence-corrected chi connectivity index (χ2v) is 6.27. The number of rotatable bonds is 4. The zero-order valence-electron chi connectivity index (χ0n) is 10.0. The Morgan fingerprint density at radius 3 is 2.16 bits per heavy atom. The second-order valence-electron chi connectivity index (χ2n) is 4.34. The molecule has 100 valence electrons. The van der Waals surface area contributed by atoms with Crippen LogP contribution in [0.5, 0.6) is 0 Å². The van der Waals surface area contributed by atoms with E-state index in [1.165, 1.54) is 5.56 Å². The van der Waals surface area contributed by atoms with Gasteiger partial charge in [0.05, 0.1) is 0 Å². The third-order valence-electron chi connectivity index (χ3n) is 3.00. The molecule has 4 heteroatoms. The molecule has 0 aliphatic carbocycles. The van der Waals surface area contributed by atoms with Gasteiger partial charge < -0.3 is 0 Å². The highest BCUT2D eigenvalue weighted by molar-refractivity contribution is 9.09.